The standard InChI is InChI=1S/C9H8N4O/c10-3-8-9(4-11)13(6-12-8)7-1-2-14-5-7/h6-7H,1-2,5H2. The van der Waals surface area contributed by atoms with E-state index in [1.165, 1.54) is 6.33 Å². The molecule has 1 aliphatic heterocycles. The zero-order valence-electron chi connectivity index (χ0n) is 7.47. The Labute approximate surface area is 81.2 Å². The quantitative estimate of drug-likeness (QED) is 0.646. The summed E-state index contributed by atoms with van der Waals surface area (Å²) in [7, 11) is 0. The second kappa shape index (κ2) is 3.49. The summed E-state index contributed by atoms with van der Waals surface area (Å²) in [5.41, 5.74) is 0.530. The van der Waals surface area contributed by atoms with Gasteiger partial charge in [-0.3, -0.25) is 0 Å². The van der Waals surface area contributed by atoms with E-state index < -0.39 is 0 Å². The van der Waals surface area contributed by atoms with E-state index in [2.05, 4.69) is 4.98 Å². The molecule has 5 heteroatoms. The first-order chi connectivity index (χ1) is 6.86. The first-order valence-electron chi connectivity index (χ1n) is 4.31. The van der Waals surface area contributed by atoms with E-state index in [0.29, 0.717) is 18.9 Å². The first kappa shape index (κ1) is 8.74. The van der Waals surface area contributed by atoms with Gasteiger partial charge in [-0.2, -0.15) is 10.5 Å². The number of rotatable bonds is 1. The summed E-state index contributed by atoms with van der Waals surface area (Å²) in [6.45, 7) is 1.30. The molecule has 1 atom stereocenters. The van der Waals surface area contributed by atoms with Gasteiger partial charge in [0, 0.05) is 6.61 Å². The van der Waals surface area contributed by atoms with E-state index in [1.807, 2.05) is 12.1 Å². The van der Waals surface area contributed by atoms with Gasteiger partial charge < -0.3 is 9.30 Å². The molecule has 1 unspecified atom stereocenters. The van der Waals surface area contributed by atoms with Crippen LogP contribution in [-0.2, 0) is 4.74 Å². The van der Waals surface area contributed by atoms with Gasteiger partial charge >= 0.3 is 0 Å². The van der Waals surface area contributed by atoms with Crippen molar-refractivity contribution < 1.29 is 4.74 Å². The molecule has 0 spiro atoms. The maximum absolute atomic E-state index is 8.88. The Morgan fingerprint density at radius 1 is 1.50 bits per heavy atom. The minimum atomic E-state index is 0.152. The average molecular weight is 188 g/mol. The van der Waals surface area contributed by atoms with Crippen molar-refractivity contribution in [1.29, 1.82) is 10.5 Å². The van der Waals surface area contributed by atoms with Crippen LogP contribution < -0.4 is 0 Å². The minimum Gasteiger partial charge on any atom is -0.379 e. The molecule has 0 N–H and O–H groups in total. The third-order valence-corrected chi connectivity index (χ3v) is 2.30. The molecule has 70 valence electrons. The zero-order chi connectivity index (χ0) is 9.97. The second-order valence-electron chi connectivity index (χ2n) is 3.09. The minimum absolute atomic E-state index is 0.152. The van der Waals surface area contributed by atoms with Gasteiger partial charge in [0.25, 0.3) is 0 Å². The van der Waals surface area contributed by atoms with Crippen LogP contribution in [0.3, 0.4) is 0 Å². The van der Waals surface area contributed by atoms with Crippen LogP contribution in [0.2, 0.25) is 0 Å². The predicted molar refractivity (Wildman–Crippen MR) is 46.1 cm³/mol. The van der Waals surface area contributed by atoms with Gasteiger partial charge in [0.1, 0.15) is 12.1 Å². The highest BCUT2D eigenvalue weighted by Gasteiger charge is 2.21. The largest absolute Gasteiger partial charge is 0.379 e. The lowest BCUT2D eigenvalue weighted by Gasteiger charge is -2.09. The maximum Gasteiger partial charge on any atom is 0.176 e. The van der Waals surface area contributed by atoms with Crippen molar-refractivity contribution in [3.05, 3.63) is 17.7 Å². The van der Waals surface area contributed by atoms with Gasteiger partial charge in [0.05, 0.1) is 19.0 Å². The van der Waals surface area contributed by atoms with E-state index in [1.54, 1.807) is 4.57 Å². The second-order valence-corrected chi connectivity index (χ2v) is 3.09. The SMILES string of the molecule is N#Cc1ncn(C2CCOC2)c1C#N. The molecule has 2 heterocycles. The molecular formula is C9H8N4O. The lowest BCUT2D eigenvalue weighted by atomic mass is 10.2. The number of ether oxygens (including phenoxy) is 1. The van der Waals surface area contributed by atoms with Crippen LogP contribution in [-0.4, -0.2) is 22.8 Å². The number of hydrogen-bond donors (Lipinski definition) is 0. The van der Waals surface area contributed by atoms with Crippen molar-refractivity contribution in [2.24, 2.45) is 0 Å². The van der Waals surface area contributed by atoms with Crippen molar-refractivity contribution in [2.75, 3.05) is 13.2 Å². The Balaban J connectivity index is 2.39. The summed E-state index contributed by atoms with van der Waals surface area (Å²) < 4.78 is 6.94. The Hall–Kier alpha value is -1.85. The van der Waals surface area contributed by atoms with Gasteiger partial charge in [-0.15, -0.1) is 0 Å². The van der Waals surface area contributed by atoms with Crippen LogP contribution in [0.4, 0.5) is 0 Å². The highest BCUT2D eigenvalue weighted by molar-refractivity contribution is 5.36. The first-order valence-corrected chi connectivity index (χ1v) is 4.31. The molecule has 14 heavy (non-hydrogen) atoms. The summed E-state index contributed by atoms with van der Waals surface area (Å²) in [6.07, 6.45) is 2.41. The van der Waals surface area contributed by atoms with E-state index in [0.717, 1.165) is 6.42 Å². The monoisotopic (exact) mass is 188 g/mol. The van der Waals surface area contributed by atoms with Crippen molar-refractivity contribution in [3.8, 4) is 12.1 Å². The molecule has 0 aromatic carbocycles. The maximum atomic E-state index is 8.88. The molecule has 0 saturated carbocycles. The fraction of sp³-hybridized carbons (Fsp3) is 0.444. The van der Waals surface area contributed by atoms with Crippen LogP contribution in [0, 0.1) is 22.7 Å². The summed E-state index contributed by atoms with van der Waals surface area (Å²) in [4.78, 5) is 3.87. The normalized spacial score (nSPS) is 20.3. The fourth-order valence-corrected chi connectivity index (χ4v) is 1.57. The molecule has 1 saturated heterocycles. The van der Waals surface area contributed by atoms with Crippen LogP contribution in [0.25, 0.3) is 0 Å². The summed E-state index contributed by atoms with van der Waals surface area (Å²) >= 11 is 0. The Morgan fingerprint density at radius 2 is 2.36 bits per heavy atom. The lowest BCUT2D eigenvalue weighted by Crippen LogP contribution is -2.09. The van der Waals surface area contributed by atoms with Crippen molar-refractivity contribution >= 4 is 0 Å². The number of aromatic nitrogens is 2. The average Bonchev–Trinajstić information content (AvgIpc) is 2.85. The van der Waals surface area contributed by atoms with Gasteiger partial charge in [-0.25, -0.2) is 4.98 Å². The van der Waals surface area contributed by atoms with E-state index >= 15 is 0 Å². The van der Waals surface area contributed by atoms with E-state index in [9.17, 15) is 0 Å². The molecule has 0 aliphatic carbocycles. The zero-order valence-corrected chi connectivity index (χ0v) is 7.47. The number of imidazole rings is 1. The molecule has 0 bridgehead atoms. The molecule has 1 aliphatic rings. The van der Waals surface area contributed by atoms with Crippen LogP contribution in [0.5, 0.6) is 0 Å². The molecule has 1 aromatic heterocycles. The van der Waals surface area contributed by atoms with E-state index in [-0.39, 0.29) is 11.7 Å². The highest BCUT2D eigenvalue weighted by Crippen LogP contribution is 2.21. The third-order valence-electron chi connectivity index (χ3n) is 2.30. The van der Waals surface area contributed by atoms with Gasteiger partial charge in [-0.05, 0) is 6.42 Å². The van der Waals surface area contributed by atoms with Gasteiger partial charge in [-0.1, -0.05) is 0 Å². The van der Waals surface area contributed by atoms with Crippen molar-refractivity contribution in [2.45, 2.75) is 12.5 Å². The molecule has 0 amide bonds. The molecule has 1 fully saturated rings. The molecule has 1 aromatic rings. The molecule has 2 rings (SSSR count). The van der Waals surface area contributed by atoms with Gasteiger partial charge in [0.2, 0.25) is 0 Å². The van der Waals surface area contributed by atoms with Crippen molar-refractivity contribution in [1.82, 2.24) is 9.55 Å². The fourth-order valence-electron chi connectivity index (χ4n) is 1.57. The summed E-state index contributed by atoms with van der Waals surface area (Å²) in [6, 6.07) is 4.04. The molecule has 5 nitrogen and oxygen atoms in total. The number of hydrogen-bond acceptors (Lipinski definition) is 4. The molecular weight excluding hydrogens is 180 g/mol. The van der Waals surface area contributed by atoms with Crippen LogP contribution in [0.1, 0.15) is 23.9 Å². The number of nitrogens with zero attached hydrogens (tertiary/aromatic N) is 4. The van der Waals surface area contributed by atoms with Gasteiger partial charge in [0.15, 0.2) is 11.4 Å². The third kappa shape index (κ3) is 1.24. The summed E-state index contributed by atoms with van der Waals surface area (Å²) in [5, 5.41) is 17.6. The topological polar surface area (TPSA) is 74.6 Å². The summed E-state index contributed by atoms with van der Waals surface area (Å²) in [5.74, 6) is 0. The predicted octanol–water partition coefficient (Wildman–Crippen LogP) is 0.588. The number of nitriles is 2. The Morgan fingerprint density at radius 3 is 2.93 bits per heavy atom. The van der Waals surface area contributed by atoms with Crippen LogP contribution in [0.15, 0.2) is 6.33 Å². The van der Waals surface area contributed by atoms with E-state index in [4.69, 9.17) is 15.3 Å². The highest BCUT2D eigenvalue weighted by atomic mass is 16.5. The smallest absolute Gasteiger partial charge is 0.176 e. The van der Waals surface area contributed by atoms with Crippen molar-refractivity contribution in [3.63, 3.8) is 0 Å². The Bertz CT molecular complexity index is 417. The molecule has 0 radical (unpaired) electrons. The lowest BCUT2D eigenvalue weighted by molar-refractivity contribution is 0.186. The van der Waals surface area contributed by atoms with Crippen LogP contribution >= 0.6 is 0 Å². The Kier molecular flexibility index (Phi) is 2.18.